The van der Waals surface area contributed by atoms with Gasteiger partial charge in [0.15, 0.2) is 17.3 Å². The lowest BCUT2D eigenvalue weighted by Gasteiger charge is -2.10. The lowest BCUT2D eigenvalue weighted by atomic mass is 10.1. The Morgan fingerprint density at radius 3 is 2.71 bits per heavy atom. The molecule has 1 aliphatic rings. The van der Waals surface area contributed by atoms with Crippen LogP contribution in [-0.2, 0) is 0 Å². The highest BCUT2D eigenvalue weighted by atomic mass is 16.5. The smallest absolute Gasteiger partial charge is 0.161 e. The predicted molar refractivity (Wildman–Crippen MR) is 81.8 cm³/mol. The van der Waals surface area contributed by atoms with Gasteiger partial charge in [0.05, 0.1) is 7.11 Å². The number of hydrogen-bond donors (Lipinski definition) is 2. The Morgan fingerprint density at radius 1 is 1.29 bits per heavy atom. The molecule has 0 unspecified atom stereocenters. The van der Waals surface area contributed by atoms with Crippen molar-refractivity contribution in [1.82, 2.24) is 9.97 Å². The second-order valence-corrected chi connectivity index (χ2v) is 5.19. The van der Waals surface area contributed by atoms with E-state index in [9.17, 15) is 5.11 Å². The molecule has 0 atom stereocenters. The molecule has 0 saturated heterocycles. The molecule has 0 radical (unpaired) electrons. The summed E-state index contributed by atoms with van der Waals surface area (Å²) in [6, 6.07) is 7.25. The first-order valence-electron chi connectivity index (χ1n) is 7.21. The molecule has 1 heterocycles. The fraction of sp³-hybridized carbons (Fsp3) is 0.375. The molecule has 21 heavy (non-hydrogen) atoms. The molecule has 0 aliphatic heterocycles. The third-order valence-corrected chi connectivity index (χ3v) is 3.54. The first-order valence-corrected chi connectivity index (χ1v) is 7.21. The van der Waals surface area contributed by atoms with E-state index in [2.05, 4.69) is 15.3 Å². The van der Waals surface area contributed by atoms with Gasteiger partial charge in [-0.2, -0.15) is 0 Å². The Morgan fingerprint density at radius 2 is 2.10 bits per heavy atom. The minimum absolute atomic E-state index is 0.0976. The molecule has 1 aromatic carbocycles. The molecule has 1 saturated carbocycles. The van der Waals surface area contributed by atoms with E-state index in [0.717, 1.165) is 23.6 Å². The van der Waals surface area contributed by atoms with Crippen molar-refractivity contribution in [3.63, 3.8) is 0 Å². The van der Waals surface area contributed by atoms with Gasteiger partial charge >= 0.3 is 0 Å². The van der Waals surface area contributed by atoms with E-state index in [1.54, 1.807) is 12.1 Å². The number of ether oxygens (including phenoxy) is 1. The third kappa shape index (κ3) is 2.91. The van der Waals surface area contributed by atoms with Crippen molar-refractivity contribution in [2.45, 2.75) is 25.7 Å². The number of phenolic OH excluding ortho intramolecular Hbond substituents is 1. The van der Waals surface area contributed by atoms with Crippen LogP contribution in [0, 0.1) is 0 Å². The summed E-state index contributed by atoms with van der Waals surface area (Å²) in [6.45, 7) is 2.85. The van der Waals surface area contributed by atoms with Gasteiger partial charge in [0.1, 0.15) is 5.82 Å². The Balaban J connectivity index is 2.01. The van der Waals surface area contributed by atoms with Crippen LogP contribution in [0.15, 0.2) is 24.3 Å². The number of methoxy groups -OCH3 is 1. The maximum atomic E-state index is 9.92. The van der Waals surface area contributed by atoms with Crippen LogP contribution >= 0.6 is 0 Å². The molecule has 0 amide bonds. The number of nitrogens with one attached hydrogen (secondary N) is 1. The molecule has 2 aromatic rings. The van der Waals surface area contributed by atoms with Crippen molar-refractivity contribution >= 4 is 5.82 Å². The zero-order chi connectivity index (χ0) is 14.8. The van der Waals surface area contributed by atoms with Gasteiger partial charge in [-0.05, 0) is 38.0 Å². The van der Waals surface area contributed by atoms with E-state index < -0.39 is 0 Å². The van der Waals surface area contributed by atoms with Crippen molar-refractivity contribution in [1.29, 1.82) is 0 Å². The molecule has 1 fully saturated rings. The molecule has 5 nitrogen and oxygen atoms in total. The van der Waals surface area contributed by atoms with Gasteiger partial charge in [-0.1, -0.05) is 0 Å². The number of anilines is 1. The Bertz CT molecular complexity index is 654. The van der Waals surface area contributed by atoms with Gasteiger partial charge in [0, 0.05) is 29.8 Å². The lowest BCUT2D eigenvalue weighted by molar-refractivity contribution is 0.373. The van der Waals surface area contributed by atoms with Crippen molar-refractivity contribution in [2.75, 3.05) is 19.0 Å². The number of benzene rings is 1. The number of nitrogens with zero attached hydrogens (tertiary/aromatic N) is 2. The molecular weight excluding hydrogens is 266 g/mol. The third-order valence-electron chi connectivity index (χ3n) is 3.54. The Hall–Kier alpha value is -2.30. The molecule has 1 aliphatic carbocycles. The molecule has 110 valence electrons. The van der Waals surface area contributed by atoms with E-state index in [1.165, 1.54) is 20.0 Å². The minimum atomic E-state index is 0.0976. The number of phenols is 1. The second-order valence-electron chi connectivity index (χ2n) is 5.19. The fourth-order valence-electron chi connectivity index (χ4n) is 2.28. The van der Waals surface area contributed by atoms with E-state index in [1.807, 2.05) is 19.1 Å². The summed E-state index contributed by atoms with van der Waals surface area (Å²) in [7, 11) is 1.53. The van der Waals surface area contributed by atoms with Gasteiger partial charge in [-0.15, -0.1) is 0 Å². The van der Waals surface area contributed by atoms with Gasteiger partial charge in [-0.3, -0.25) is 0 Å². The van der Waals surface area contributed by atoms with Crippen LogP contribution in [0.4, 0.5) is 5.82 Å². The first-order chi connectivity index (χ1) is 10.2. The van der Waals surface area contributed by atoms with Crippen LogP contribution in [0.2, 0.25) is 0 Å². The summed E-state index contributed by atoms with van der Waals surface area (Å²) in [5, 5.41) is 13.2. The summed E-state index contributed by atoms with van der Waals surface area (Å²) >= 11 is 0. The summed E-state index contributed by atoms with van der Waals surface area (Å²) in [5.74, 6) is 2.56. The van der Waals surface area contributed by atoms with E-state index in [4.69, 9.17) is 4.74 Å². The Kier molecular flexibility index (Phi) is 3.64. The largest absolute Gasteiger partial charge is 0.504 e. The summed E-state index contributed by atoms with van der Waals surface area (Å²) in [6.07, 6.45) is 2.38. The SMILES string of the molecule is CCNc1cc(C2CC2)nc(-c2ccc(OC)c(O)c2)n1. The zero-order valence-electron chi connectivity index (χ0n) is 12.3. The summed E-state index contributed by atoms with van der Waals surface area (Å²) < 4.78 is 5.07. The molecule has 1 aromatic heterocycles. The molecular formula is C16H19N3O2. The predicted octanol–water partition coefficient (Wildman–Crippen LogP) is 3.17. The van der Waals surface area contributed by atoms with Crippen LogP contribution < -0.4 is 10.1 Å². The molecule has 3 rings (SSSR count). The highest BCUT2D eigenvalue weighted by Gasteiger charge is 2.26. The van der Waals surface area contributed by atoms with Crippen LogP contribution in [0.25, 0.3) is 11.4 Å². The average molecular weight is 285 g/mol. The number of aromatic nitrogens is 2. The number of hydrogen-bond acceptors (Lipinski definition) is 5. The summed E-state index contributed by atoms with van der Waals surface area (Å²) in [5.41, 5.74) is 1.86. The van der Waals surface area contributed by atoms with Crippen LogP contribution in [0.5, 0.6) is 11.5 Å². The first kappa shape index (κ1) is 13.7. The van der Waals surface area contributed by atoms with Crippen LogP contribution in [-0.4, -0.2) is 28.7 Å². The number of rotatable bonds is 5. The normalized spacial score (nSPS) is 14.0. The van der Waals surface area contributed by atoms with E-state index >= 15 is 0 Å². The van der Waals surface area contributed by atoms with E-state index in [0.29, 0.717) is 17.5 Å². The van der Waals surface area contributed by atoms with Crippen molar-refractivity contribution < 1.29 is 9.84 Å². The minimum Gasteiger partial charge on any atom is -0.504 e. The van der Waals surface area contributed by atoms with Gasteiger partial charge in [0.25, 0.3) is 0 Å². The topological polar surface area (TPSA) is 67.3 Å². The van der Waals surface area contributed by atoms with Gasteiger partial charge in [-0.25, -0.2) is 9.97 Å². The Labute approximate surface area is 124 Å². The maximum Gasteiger partial charge on any atom is 0.161 e. The molecule has 2 N–H and O–H groups in total. The van der Waals surface area contributed by atoms with Crippen molar-refractivity contribution in [3.8, 4) is 22.9 Å². The fourth-order valence-corrected chi connectivity index (χ4v) is 2.28. The summed E-state index contributed by atoms with van der Waals surface area (Å²) in [4.78, 5) is 9.17. The highest BCUT2D eigenvalue weighted by Crippen LogP contribution is 2.40. The molecule has 0 bridgehead atoms. The van der Waals surface area contributed by atoms with Crippen LogP contribution in [0.3, 0.4) is 0 Å². The van der Waals surface area contributed by atoms with E-state index in [-0.39, 0.29) is 5.75 Å². The zero-order valence-corrected chi connectivity index (χ0v) is 12.3. The maximum absolute atomic E-state index is 9.92. The average Bonchev–Trinajstić information content (AvgIpc) is 3.32. The highest BCUT2D eigenvalue weighted by molar-refractivity contribution is 5.62. The standard InChI is InChI=1S/C16H19N3O2/c1-3-17-15-9-12(10-4-5-10)18-16(19-15)11-6-7-14(21-2)13(20)8-11/h6-10,20H,3-5H2,1-2H3,(H,17,18,19). The van der Waals surface area contributed by atoms with Crippen molar-refractivity contribution in [3.05, 3.63) is 30.0 Å². The van der Waals surface area contributed by atoms with Gasteiger partial charge < -0.3 is 15.2 Å². The lowest BCUT2D eigenvalue weighted by Crippen LogP contribution is -2.03. The monoisotopic (exact) mass is 285 g/mol. The van der Waals surface area contributed by atoms with Gasteiger partial charge in [0.2, 0.25) is 0 Å². The van der Waals surface area contributed by atoms with Crippen LogP contribution in [0.1, 0.15) is 31.4 Å². The molecule has 0 spiro atoms. The quantitative estimate of drug-likeness (QED) is 0.883. The van der Waals surface area contributed by atoms with Crippen molar-refractivity contribution in [2.24, 2.45) is 0 Å². The number of aromatic hydroxyl groups is 1. The molecule has 5 heteroatoms. The second kappa shape index (κ2) is 5.60.